The molecular weight excluding hydrogens is 390 g/mol. The first-order valence-corrected chi connectivity index (χ1v) is 12.4. The van der Waals surface area contributed by atoms with E-state index in [1.165, 1.54) is 51.0 Å². The fourth-order valence-electron chi connectivity index (χ4n) is 5.06. The van der Waals surface area contributed by atoms with Crippen LogP contribution in [0.5, 0.6) is 5.75 Å². The standard InChI is InChI=1S/C25H39N3O3/c29-25(31-24-4-2-1-3-5-24)20-30-23-8-6-22(7-9-23)28-18-16-27(17-19-28)15-12-21-10-13-26-14-11-21/h6-9,21,24,26H,1-5,10-20H2. The van der Waals surface area contributed by atoms with Gasteiger partial charge in [0.2, 0.25) is 0 Å². The molecule has 0 radical (unpaired) electrons. The lowest BCUT2D eigenvalue weighted by Crippen LogP contribution is -2.47. The van der Waals surface area contributed by atoms with E-state index in [2.05, 4.69) is 27.2 Å². The summed E-state index contributed by atoms with van der Waals surface area (Å²) in [6.45, 7) is 8.03. The largest absolute Gasteiger partial charge is 0.482 e. The Balaban J connectivity index is 1.14. The molecule has 3 aliphatic rings. The minimum atomic E-state index is -0.253. The van der Waals surface area contributed by atoms with Crippen LogP contribution < -0.4 is 15.0 Å². The maximum absolute atomic E-state index is 12.0. The number of esters is 1. The molecular formula is C25H39N3O3. The Labute approximate surface area is 187 Å². The van der Waals surface area contributed by atoms with E-state index >= 15 is 0 Å². The predicted octanol–water partition coefficient (Wildman–Crippen LogP) is 3.45. The fraction of sp³-hybridized carbons (Fsp3) is 0.720. The van der Waals surface area contributed by atoms with Crippen LogP contribution >= 0.6 is 0 Å². The van der Waals surface area contributed by atoms with Gasteiger partial charge in [0.15, 0.2) is 6.61 Å². The lowest BCUT2D eigenvalue weighted by molar-refractivity contribution is -0.152. The Morgan fingerprint density at radius 2 is 1.65 bits per heavy atom. The van der Waals surface area contributed by atoms with Gasteiger partial charge in [0, 0.05) is 31.9 Å². The molecule has 2 saturated heterocycles. The van der Waals surface area contributed by atoms with Gasteiger partial charge in [-0.3, -0.25) is 4.90 Å². The van der Waals surface area contributed by atoms with E-state index in [4.69, 9.17) is 9.47 Å². The Kier molecular flexibility index (Phi) is 8.47. The number of nitrogens with zero attached hydrogens (tertiary/aromatic N) is 2. The van der Waals surface area contributed by atoms with Crippen LogP contribution in [-0.4, -0.2) is 69.4 Å². The fourth-order valence-corrected chi connectivity index (χ4v) is 5.06. The molecule has 6 heteroatoms. The number of piperazine rings is 1. The molecule has 0 amide bonds. The van der Waals surface area contributed by atoms with Crippen molar-refractivity contribution in [2.45, 2.75) is 57.5 Å². The van der Waals surface area contributed by atoms with Gasteiger partial charge in [0.25, 0.3) is 0 Å². The van der Waals surface area contributed by atoms with Crippen LogP contribution in [0.15, 0.2) is 24.3 Å². The number of hydrogen-bond donors (Lipinski definition) is 1. The number of nitrogens with one attached hydrogen (secondary N) is 1. The zero-order chi connectivity index (χ0) is 21.3. The highest BCUT2D eigenvalue weighted by molar-refractivity contribution is 5.71. The van der Waals surface area contributed by atoms with Crippen molar-refractivity contribution >= 4 is 11.7 Å². The summed E-state index contributed by atoms with van der Waals surface area (Å²) in [7, 11) is 0. The molecule has 0 unspecified atom stereocenters. The highest BCUT2D eigenvalue weighted by Gasteiger charge is 2.20. The third kappa shape index (κ3) is 7.11. The van der Waals surface area contributed by atoms with Gasteiger partial charge in [0.1, 0.15) is 11.9 Å². The van der Waals surface area contributed by atoms with Crippen molar-refractivity contribution in [2.75, 3.05) is 57.3 Å². The number of ether oxygens (including phenoxy) is 2. The van der Waals surface area contributed by atoms with Crippen LogP contribution in [0, 0.1) is 5.92 Å². The van der Waals surface area contributed by atoms with Crippen molar-refractivity contribution < 1.29 is 14.3 Å². The summed E-state index contributed by atoms with van der Waals surface area (Å²) in [6.07, 6.45) is 9.67. The molecule has 1 N–H and O–H groups in total. The number of benzene rings is 1. The van der Waals surface area contributed by atoms with E-state index < -0.39 is 0 Å². The highest BCUT2D eigenvalue weighted by atomic mass is 16.6. The number of hydrogen-bond acceptors (Lipinski definition) is 6. The zero-order valence-corrected chi connectivity index (χ0v) is 18.9. The lowest BCUT2D eigenvalue weighted by atomic mass is 9.94. The molecule has 2 aliphatic heterocycles. The van der Waals surface area contributed by atoms with Crippen LogP contribution in [0.1, 0.15) is 51.4 Å². The second-order valence-electron chi connectivity index (χ2n) is 9.34. The maximum atomic E-state index is 12.0. The number of carbonyl (C=O) groups excluding carboxylic acids is 1. The van der Waals surface area contributed by atoms with Crippen molar-refractivity contribution in [3.05, 3.63) is 24.3 Å². The van der Waals surface area contributed by atoms with Gasteiger partial charge in [-0.05, 0) is 94.8 Å². The zero-order valence-electron chi connectivity index (χ0n) is 18.9. The molecule has 1 aromatic carbocycles. The van der Waals surface area contributed by atoms with Crippen molar-refractivity contribution in [3.63, 3.8) is 0 Å². The number of carbonyl (C=O) groups is 1. The van der Waals surface area contributed by atoms with Crippen LogP contribution in [0.4, 0.5) is 5.69 Å². The Morgan fingerprint density at radius 1 is 0.935 bits per heavy atom. The van der Waals surface area contributed by atoms with E-state index in [-0.39, 0.29) is 18.7 Å². The van der Waals surface area contributed by atoms with E-state index in [0.29, 0.717) is 0 Å². The number of rotatable bonds is 8. The van der Waals surface area contributed by atoms with Crippen molar-refractivity contribution in [1.82, 2.24) is 10.2 Å². The van der Waals surface area contributed by atoms with Gasteiger partial charge in [-0.15, -0.1) is 0 Å². The average Bonchev–Trinajstić information content (AvgIpc) is 2.83. The minimum absolute atomic E-state index is 0.00836. The molecule has 0 aromatic heterocycles. The van der Waals surface area contributed by atoms with Gasteiger partial charge in [-0.1, -0.05) is 6.42 Å². The Morgan fingerprint density at radius 3 is 2.35 bits per heavy atom. The Hall–Kier alpha value is -1.79. The van der Waals surface area contributed by atoms with Crippen molar-refractivity contribution in [3.8, 4) is 5.75 Å². The first kappa shape index (κ1) is 22.4. The van der Waals surface area contributed by atoms with Crippen molar-refractivity contribution in [1.29, 1.82) is 0 Å². The molecule has 31 heavy (non-hydrogen) atoms. The molecule has 0 atom stereocenters. The normalized spacial score (nSPS) is 21.7. The first-order chi connectivity index (χ1) is 15.3. The van der Waals surface area contributed by atoms with E-state index in [1.54, 1.807) is 0 Å². The summed E-state index contributed by atoms with van der Waals surface area (Å²) >= 11 is 0. The predicted molar refractivity (Wildman–Crippen MR) is 124 cm³/mol. The molecule has 3 fully saturated rings. The van der Waals surface area contributed by atoms with Gasteiger partial charge in [-0.25, -0.2) is 4.79 Å². The molecule has 1 aromatic rings. The summed E-state index contributed by atoms with van der Waals surface area (Å²) in [5.41, 5.74) is 1.23. The molecule has 2 heterocycles. The van der Waals surface area contributed by atoms with Gasteiger partial charge in [-0.2, -0.15) is 0 Å². The summed E-state index contributed by atoms with van der Waals surface area (Å²) in [4.78, 5) is 17.1. The van der Waals surface area contributed by atoms with Crippen LogP contribution in [-0.2, 0) is 9.53 Å². The second kappa shape index (κ2) is 11.7. The van der Waals surface area contributed by atoms with Gasteiger partial charge in [0.05, 0.1) is 0 Å². The van der Waals surface area contributed by atoms with Crippen LogP contribution in [0.2, 0.25) is 0 Å². The van der Waals surface area contributed by atoms with Crippen LogP contribution in [0.25, 0.3) is 0 Å². The van der Waals surface area contributed by atoms with Crippen LogP contribution in [0.3, 0.4) is 0 Å². The molecule has 0 spiro atoms. The number of piperidine rings is 1. The molecule has 172 valence electrons. The topological polar surface area (TPSA) is 54.0 Å². The van der Waals surface area contributed by atoms with Gasteiger partial charge >= 0.3 is 5.97 Å². The highest BCUT2D eigenvalue weighted by Crippen LogP contribution is 2.23. The minimum Gasteiger partial charge on any atom is -0.482 e. The second-order valence-corrected chi connectivity index (χ2v) is 9.34. The first-order valence-electron chi connectivity index (χ1n) is 12.4. The van der Waals surface area contributed by atoms with E-state index in [1.807, 2.05) is 12.1 Å². The smallest absolute Gasteiger partial charge is 0.344 e. The summed E-state index contributed by atoms with van der Waals surface area (Å²) in [5.74, 6) is 1.38. The van der Waals surface area contributed by atoms with E-state index in [0.717, 1.165) is 63.5 Å². The number of anilines is 1. The summed E-state index contributed by atoms with van der Waals surface area (Å²) < 4.78 is 11.2. The maximum Gasteiger partial charge on any atom is 0.344 e. The summed E-state index contributed by atoms with van der Waals surface area (Å²) in [6, 6.07) is 8.14. The lowest BCUT2D eigenvalue weighted by Gasteiger charge is -2.37. The monoisotopic (exact) mass is 429 g/mol. The van der Waals surface area contributed by atoms with Crippen molar-refractivity contribution in [2.24, 2.45) is 5.92 Å². The molecule has 1 saturated carbocycles. The SMILES string of the molecule is O=C(COc1ccc(N2CCN(CCC3CCNCC3)CC2)cc1)OC1CCCCC1. The Bertz CT molecular complexity index is 661. The summed E-state index contributed by atoms with van der Waals surface area (Å²) in [5, 5.41) is 3.46. The third-order valence-electron chi connectivity index (χ3n) is 7.09. The average molecular weight is 430 g/mol. The van der Waals surface area contributed by atoms with E-state index in [9.17, 15) is 4.79 Å². The molecule has 4 rings (SSSR count). The molecule has 6 nitrogen and oxygen atoms in total. The quantitative estimate of drug-likeness (QED) is 0.639. The molecule has 1 aliphatic carbocycles. The molecule has 0 bridgehead atoms. The van der Waals surface area contributed by atoms with Gasteiger partial charge < -0.3 is 19.7 Å². The third-order valence-corrected chi connectivity index (χ3v) is 7.09.